The summed E-state index contributed by atoms with van der Waals surface area (Å²) in [5.41, 5.74) is 3.49. The SMILES string of the molecule is Cc1ccc(-n2c(Cc3ccccc3)nnc2SCCCCC(=O)N2CCN(C(=O)C3CCC3)C(C)C2)cc1. The first-order chi connectivity index (χ1) is 19.0. The number of rotatable bonds is 10. The summed E-state index contributed by atoms with van der Waals surface area (Å²) >= 11 is 1.70. The number of carbonyl (C=O) groups is 2. The minimum atomic E-state index is 0.101. The monoisotopic (exact) mass is 545 g/mol. The number of aryl methyl sites for hydroxylation is 1. The summed E-state index contributed by atoms with van der Waals surface area (Å²) in [5, 5.41) is 9.97. The third kappa shape index (κ3) is 6.72. The standard InChI is InChI=1S/C31H39N5O2S/c1-23-14-16-27(17-15-23)36-28(21-25-9-4-3-5-10-25)32-33-31(36)39-20-7-6-13-29(37)34-18-19-35(24(2)22-34)30(38)26-11-8-12-26/h3-5,9-10,14-17,24,26H,6-8,11-13,18-22H2,1-2H3. The molecule has 1 aliphatic carbocycles. The summed E-state index contributed by atoms with van der Waals surface area (Å²) in [6.45, 7) is 6.13. The predicted molar refractivity (Wildman–Crippen MR) is 155 cm³/mol. The molecule has 0 N–H and O–H groups in total. The van der Waals surface area contributed by atoms with Gasteiger partial charge in [-0.1, -0.05) is 66.2 Å². The van der Waals surface area contributed by atoms with Crippen LogP contribution in [0.2, 0.25) is 0 Å². The maximum absolute atomic E-state index is 12.9. The number of amides is 2. The van der Waals surface area contributed by atoms with Gasteiger partial charge in [-0.25, -0.2) is 0 Å². The lowest BCUT2D eigenvalue weighted by atomic mass is 9.84. The number of carbonyl (C=O) groups excluding carboxylic acids is 2. The predicted octanol–water partition coefficient (Wildman–Crippen LogP) is 5.29. The number of unbranched alkanes of at least 4 members (excludes halogenated alkanes) is 1. The second-order valence-electron chi connectivity index (χ2n) is 10.9. The van der Waals surface area contributed by atoms with Gasteiger partial charge in [-0.2, -0.15) is 0 Å². The lowest BCUT2D eigenvalue weighted by Crippen LogP contribution is -2.57. The van der Waals surface area contributed by atoms with Crippen molar-refractivity contribution in [2.75, 3.05) is 25.4 Å². The Morgan fingerprint density at radius 2 is 1.74 bits per heavy atom. The Bertz CT molecular complexity index is 1260. The molecule has 2 heterocycles. The van der Waals surface area contributed by atoms with E-state index in [9.17, 15) is 9.59 Å². The summed E-state index contributed by atoms with van der Waals surface area (Å²) in [4.78, 5) is 29.5. The van der Waals surface area contributed by atoms with Crippen LogP contribution < -0.4 is 0 Å². The third-order valence-electron chi connectivity index (χ3n) is 7.93. The van der Waals surface area contributed by atoms with Gasteiger partial charge in [0.05, 0.1) is 0 Å². The van der Waals surface area contributed by atoms with Crippen LogP contribution in [0.25, 0.3) is 5.69 Å². The molecule has 1 atom stereocenters. The van der Waals surface area contributed by atoms with Crippen molar-refractivity contribution in [3.05, 3.63) is 71.5 Å². The van der Waals surface area contributed by atoms with Crippen molar-refractivity contribution in [1.29, 1.82) is 0 Å². The molecule has 0 radical (unpaired) electrons. The van der Waals surface area contributed by atoms with Crippen molar-refractivity contribution in [1.82, 2.24) is 24.6 Å². The van der Waals surface area contributed by atoms with E-state index in [-0.39, 0.29) is 17.9 Å². The molecule has 8 heteroatoms. The Labute approximate surface area is 236 Å². The normalized spacial score (nSPS) is 17.7. The first-order valence-corrected chi connectivity index (χ1v) is 15.2. The van der Waals surface area contributed by atoms with Crippen LogP contribution in [0.5, 0.6) is 0 Å². The molecule has 1 saturated carbocycles. The summed E-state index contributed by atoms with van der Waals surface area (Å²) < 4.78 is 2.16. The zero-order valence-corrected chi connectivity index (χ0v) is 23.9. The van der Waals surface area contributed by atoms with E-state index in [0.717, 1.165) is 48.1 Å². The zero-order chi connectivity index (χ0) is 27.2. The summed E-state index contributed by atoms with van der Waals surface area (Å²) in [6.07, 6.45) is 6.26. The van der Waals surface area contributed by atoms with Gasteiger partial charge >= 0.3 is 0 Å². The number of piperazine rings is 1. The Kier molecular flexibility index (Phi) is 9.02. The Morgan fingerprint density at radius 1 is 0.974 bits per heavy atom. The molecule has 2 fully saturated rings. The Hall–Kier alpha value is -3.13. The average Bonchev–Trinajstić information content (AvgIpc) is 3.30. The van der Waals surface area contributed by atoms with Crippen LogP contribution in [0.1, 0.15) is 62.4 Å². The Morgan fingerprint density at radius 3 is 2.44 bits per heavy atom. The van der Waals surface area contributed by atoms with Gasteiger partial charge in [-0.3, -0.25) is 14.2 Å². The van der Waals surface area contributed by atoms with Crippen LogP contribution in [0.3, 0.4) is 0 Å². The minimum absolute atomic E-state index is 0.101. The summed E-state index contributed by atoms with van der Waals surface area (Å²) in [7, 11) is 0. The number of hydrogen-bond donors (Lipinski definition) is 0. The van der Waals surface area contributed by atoms with Crippen molar-refractivity contribution in [3.8, 4) is 5.69 Å². The quantitative estimate of drug-likeness (QED) is 0.256. The molecule has 2 amide bonds. The van der Waals surface area contributed by atoms with E-state index in [4.69, 9.17) is 0 Å². The van der Waals surface area contributed by atoms with Gasteiger partial charge in [-0.15, -0.1) is 10.2 Å². The van der Waals surface area contributed by atoms with E-state index in [1.165, 1.54) is 17.5 Å². The van der Waals surface area contributed by atoms with Gasteiger partial charge in [0.25, 0.3) is 0 Å². The van der Waals surface area contributed by atoms with Crippen LogP contribution in [0.4, 0.5) is 0 Å². The lowest BCUT2D eigenvalue weighted by Gasteiger charge is -2.42. The van der Waals surface area contributed by atoms with Gasteiger partial charge in [0, 0.05) is 55.9 Å². The second-order valence-corrected chi connectivity index (χ2v) is 11.9. The van der Waals surface area contributed by atoms with Crippen molar-refractivity contribution in [2.45, 2.75) is 70.0 Å². The van der Waals surface area contributed by atoms with Gasteiger partial charge in [0.2, 0.25) is 11.8 Å². The summed E-state index contributed by atoms with van der Waals surface area (Å²) in [6, 6.07) is 18.9. The zero-order valence-electron chi connectivity index (χ0n) is 23.1. The number of nitrogens with zero attached hydrogens (tertiary/aromatic N) is 5. The fraction of sp³-hybridized carbons (Fsp3) is 0.484. The molecule has 0 bridgehead atoms. The van der Waals surface area contributed by atoms with E-state index < -0.39 is 0 Å². The van der Waals surface area contributed by atoms with E-state index in [1.54, 1.807) is 11.8 Å². The number of thioether (sulfide) groups is 1. The molecule has 2 aromatic carbocycles. The van der Waals surface area contributed by atoms with Crippen LogP contribution in [0.15, 0.2) is 59.8 Å². The third-order valence-corrected chi connectivity index (χ3v) is 8.95. The second kappa shape index (κ2) is 12.8. The fourth-order valence-corrected chi connectivity index (χ4v) is 6.31. The Balaban J connectivity index is 1.12. The smallest absolute Gasteiger partial charge is 0.226 e. The highest BCUT2D eigenvalue weighted by Crippen LogP contribution is 2.30. The highest BCUT2D eigenvalue weighted by molar-refractivity contribution is 7.99. The van der Waals surface area contributed by atoms with Gasteiger partial charge < -0.3 is 9.80 Å². The molecule has 39 heavy (non-hydrogen) atoms. The van der Waals surface area contributed by atoms with E-state index in [0.29, 0.717) is 38.4 Å². The minimum Gasteiger partial charge on any atom is -0.339 e. The van der Waals surface area contributed by atoms with E-state index in [2.05, 4.69) is 65.0 Å². The average molecular weight is 546 g/mol. The van der Waals surface area contributed by atoms with Crippen molar-refractivity contribution in [2.24, 2.45) is 5.92 Å². The van der Waals surface area contributed by atoms with Crippen LogP contribution in [-0.4, -0.2) is 67.8 Å². The molecular formula is C31H39N5O2S. The van der Waals surface area contributed by atoms with Crippen molar-refractivity contribution < 1.29 is 9.59 Å². The van der Waals surface area contributed by atoms with Gasteiger partial charge in [0.15, 0.2) is 5.16 Å². The molecule has 0 spiro atoms. The fourth-order valence-electron chi connectivity index (χ4n) is 5.34. The van der Waals surface area contributed by atoms with Crippen LogP contribution in [-0.2, 0) is 16.0 Å². The molecule has 2 aliphatic rings. The van der Waals surface area contributed by atoms with Crippen molar-refractivity contribution in [3.63, 3.8) is 0 Å². The molecule has 1 aliphatic heterocycles. The number of aromatic nitrogens is 3. The topological polar surface area (TPSA) is 71.3 Å². The molecule has 5 rings (SSSR count). The first kappa shape index (κ1) is 27.4. The highest BCUT2D eigenvalue weighted by Gasteiger charge is 2.35. The van der Waals surface area contributed by atoms with E-state index >= 15 is 0 Å². The molecule has 7 nitrogen and oxygen atoms in total. The number of benzene rings is 2. The van der Waals surface area contributed by atoms with Crippen molar-refractivity contribution >= 4 is 23.6 Å². The van der Waals surface area contributed by atoms with Crippen LogP contribution >= 0.6 is 11.8 Å². The maximum atomic E-state index is 12.9. The lowest BCUT2D eigenvalue weighted by molar-refractivity contribution is -0.147. The first-order valence-electron chi connectivity index (χ1n) is 14.3. The molecule has 3 aromatic rings. The molecule has 1 unspecified atom stereocenters. The maximum Gasteiger partial charge on any atom is 0.226 e. The van der Waals surface area contributed by atoms with E-state index in [1.807, 2.05) is 28.0 Å². The largest absolute Gasteiger partial charge is 0.339 e. The summed E-state index contributed by atoms with van der Waals surface area (Å²) in [5.74, 6) is 2.52. The highest BCUT2D eigenvalue weighted by atomic mass is 32.2. The van der Waals surface area contributed by atoms with Gasteiger partial charge in [0.1, 0.15) is 5.82 Å². The molecule has 206 valence electrons. The van der Waals surface area contributed by atoms with Gasteiger partial charge in [-0.05, 0) is 57.2 Å². The molecular weight excluding hydrogens is 506 g/mol. The number of hydrogen-bond acceptors (Lipinski definition) is 5. The molecule has 1 saturated heterocycles. The molecule has 1 aromatic heterocycles. The van der Waals surface area contributed by atoms with Crippen LogP contribution in [0, 0.1) is 12.8 Å².